The Morgan fingerprint density at radius 2 is 1.87 bits per heavy atom. The molecule has 1 N–H and O–H groups in total. The summed E-state index contributed by atoms with van der Waals surface area (Å²) in [6, 6.07) is 12.5. The van der Waals surface area contributed by atoms with Gasteiger partial charge in [-0.3, -0.25) is 14.2 Å². The van der Waals surface area contributed by atoms with Crippen LogP contribution in [0.25, 0.3) is 15.9 Å². The number of nitrogens with zero attached hydrogens (tertiary/aromatic N) is 3. The second-order valence-electron chi connectivity index (χ2n) is 8.99. The first kappa shape index (κ1) is 27.2. The van der Waals surface area contributed by atoms with Crippen LogP contribution < -0.4 is 20.5 Å². The monoisotopic (exact) mass is 582 g/mol. The fourth-order valence-electron chi connectivity index (χ4n) is 4.54. The zero-order valence-corrected chi connectivity index (χ0v) is 24.1. The number of thioether (sulfide) groups is 1. The molecule has 2 aromatic carbocycles. The van der Waals surface area contributed by atoms with Crippen molar-refractivity contribution in [3.8, 4) is 17.2 Å². The SMILES string of the molecule is COc1ccc(C(C)=NNC(=O)CSc2nc3sc4c(c3c(=O)n2-c2ccc(Cl)cc2)CCCC4)cc1OC. The summed E-state index contributed by atoms with van der Waals surface area (Å²) in [6.07, 6.45) is 4.05. The average Bonchev–Trinajstić information content (AvgIpc) is 3.33. The fraction of sp³-hybridized carbons (Fsp3) is 0.286. The van der Waals surface area contributed by atoms with Crippen molar-refractivity contribution < 1.29 is 14.3 Å². The molecule has 2 aromatic heterocycles. The Morgan fingerprint density at radius 1 is 1.13 bits per heavy atom. The number of thiophene rings is 1. The predicted molar refractivity (Wildman–Crippen MR) is 157 cm³/mol. The van der Waals surface area contributed by atoms with Gasteiger partial charge in [0, 0.05) is 15.5 Å². The smallest absolute Gasteiger partial charge is 0.267 e. The van der Waals surface area contributed by atoms with E-state index in [0.717, 1.165) is 41.6 Å². The summed E-state index contributed by atoms with van der Waals surface area (Å²) >= 11 is 8.89. The molecule has 0 saturated carbocycles. The van der Waals surface area contributed by atoms with Gasteiger partial charge in [0.25, 0.3) is 11.5 Å². The van der Waals surface area contributed by atoms with Gasteiger partial charge in [-0.15, -0.1) is 11.3 Å². The molecule has 0 unspecified atom stereocenters. The van der Waals surface area contributed by atoms with Crippen LogP contribution in [-0.2, 0) is 17.6 Å². The number of aryl methyl sites for hydroxylation is 2. The molecular weight excluding hydrogens is 556 g/mol. The molecule has 0 atom stereocenters. The van der Waals surface area contributed by atoms with Crippen LogP contribution in [0.2, 0.25) is 5.02 Å². The number of fused-ring (bicyclic) bond motifs is 3. The topological polar surface area (TPSA) is 94.8 Å². The van der Waals surface area contributed by atoms with Crippen LogP contribution >= 0.6 is 34.7 Å². The molecule has 0 aliphatic heterocycles. The zero-order valence-electron chi connectivity index (χ0n) is 21.7. The van der Waals surface area contributed by atoms with Crippen LogP contribution in [0.5, 0.6) is 11.5 Å². The highest BCUT2D eigenvalue weighted by atomic mass is 35.5. The summed E-state index contributed by atoms with van der Waals surface area (Å²) in [5.74, 6) is 0.891. The summed E-state index contributed by atoms with van der Waals surface area (Å²) in [5, 5.41) is 5.96. The van der Waals surface area contributed by atoms with Crippen molar-refractivity contribution >= 4 is 56.5 Å². The maximum Gasteiger partial charge on any atom is 0.267 e. The number of nitrogens with one attached hydrogen (secondary N) is 1. The van der Waals surface area contributed by atoms with Crippen molar-refractivity contribution in [2.24, 2.45) is 5.10 Å². The Labute approximate surface area is 239 Å². The summed E-state index contributed by atoms with van der Waals surface area (Å²) in [5.41, 5.74) is 5.65. The van der Waals surface area contributed by atoms with Gasteiger partial charge in [0.2, 0.25) is 0 Å². The van der Waals surface area contributed by atoms with Gasteiger partial charge in [0.05, 0.1) is 36.8 Å². The summed E-state index contributed by atoms with van der Waals surface area (Å²) < 4.78 is 12.2. The van der Waals surface area contributed by atoms with Gasteiger partial charge in [0.1, 0.15) is 4.83 Å². The summed E-state index contributed by atoms with van der Waals surface area (Å²) in [4.78, 5) is 33.4. The maximum atomic E-state index is 13.8. The Hall–Kier alpha value is -3.34. The van der Waals surface area contributed by atoms with Gasteiger partial charge in [-0.2, -0.15) is 5.10 Å². The number of amides is 1. The number of hydrogen-bond donors (Lipinski definition) is 1. The van der Waals surface area contributed by atoms with Gasteiger partial charge in [-0.25, -0.2) is 10.4 Å². The van der Waals surface area contributed by atoms with Gasteiger partial charge >= 0.3 is 0 Å². The zero-order chi connectivity index (χ0) is 27.5. The van der Waals surface area contributed by atoms with Crippen molar-refractivity contribution in [1.82, 2.24) is 15.0 Å². The van der Waals surface area contributed by atoms with Crippen LogP contribution in [0.3, 0.4) is 0 Å². The van der Waals surface area contributed by atoms with E-state index < -0.39 is 0 Å². The molecule has 1 aliphatic carbocycles. The number of rotatable bonds is 8. The van der Waals surface area contributed by atoms with E-state index in [4.69, 9.17) is 26.1 Å². The fourth-order valence-corrected chi connectivity index (χ4v) is 6.77. The van der Waals surface area contributed by atoms with E-state index in [-0.39, 0.29) is 17.2 Å². The van der Waals surface area contributed by atoms with Crippen LogP contribution in [0.15, 0.2) is 57.5 Å². The first-order chi connectivity index (χ1) is 18.9. The third-order valence-electron chi connectivity index (χ3n) is 6.52. The highest BCUT2D eigenvalue weighted by Crippen LogP contribution is 2.35. The van der Waals surface area contributed by atoms with E-state index in [1.165, 1.54) is 16.6 Å². The number of hydrazone groups is 1. The highest BCUT2D eigenvalue weighted by molar-refractivity contribution is 7.99. The number of ether oxygens (including phenoxy) is 2. The first-order valence-corrected chi connectivity index (χ1v) is 14.6. The molecule has 0 fully saturated rings. The molecule has 1 aliphatic rings. The molecule has 0 bridgehead atoms. The number of hydrogen-bond acceptors (Lipinski definition) is 8. The lowest BCUT2D eigenvalue weighted by Gasteiger charge is -2.13. The second-order valence-corrected chi connectivity index (χ2v) is 11.5. The Kier molecular flexibility index (Phi) is 8.25. The van der Waals surface area contributed by atoms with E-state index in [0.29, 0.717) is 38.5 Å². The summed E-state index contributed by atoms with van der Waals surface area (Å²) in [6.45, 7) is 1.79. The minimum atomic E-state index is -0.317. The number of carbonyl (C=O) groups is 1. The molecule has 0 radical (unpaired) electrons. The molecule has 1 amide bonds. The third-order valence-corrected chi connectivity index (χ3v) is 8.90. The normalized spacial score (nSPS) is 13.3. The molecule has 0 spiro atoms. The number of aromatic nitrogens is 2. The van der Waals surface area contributed by atoms with E-state index >= 15 is 0 Å². The molecular formula is C28H27ClN4O4S2. The standard InChI is InChI=1S/C28H27ClN4O4S2/c1-16(17-8-13-21(36-2)22(14-17)37-3)31-32-24(34)15-38-28-30-26-25(20-6-4-5-7-23(20)39-26)27(35)33(28)19-11-9-18(29)10-12-19/h8-14H,4-7,15H2,1-3H3,(H,32,34). The lowest BCUT2D eigenvalue weighted by molar-refractivity contribution is -0.118. The minimum Gasteiger partial charge on any atom is -0.493 e. The van der Waals surface area contributed by atoms with Crippen LogP contribution in [-0.4, -0.2) is 41.1 Å². The lowest BCUT2D eigenvalue weighted by Crippen LogP contribution is -2.24. The number of halogens is 1. The number of benzene rings is 2. The van der Waals surface area contributed by atoms with E-state index in [1.807, 2.05) is 6.07 Å². The maximum absolute atomic E-state index is 13.8. The molecule has 202 valence electrons. The van der Waals surface area contributed by atoms with E-state index in [2.05, 4.69) is 10.5 Å². The molecule has 5 rings (SSSR count). The molecule has 0 saturated heterocycles. The second kappa shape index (κ2) is 11.8. The Balaban J connectivity index is 1.40. The van der Waals surface area contributed by atoms with Gasteiger partial charge in [-0.05, 0) is 80.6 Å². The molecule has 4 aromatic rings. The molecule has 2 heterocycles. The highest BCUT2D eigenvalue weighted by Gasteiger charge is 2.23. The number of methoxy groups -OCH3 is 2. The molecule has 11 heteroatoms. The third kappa shape index (κ3) is 5.68. The van der Waals surface area contributed by atoms with Gasteiger partial charge in [0.15, 0.2) is 16.7 Å². The molecule has 8 nitrogen and oxygen atoms in total. The van der Waals surface area contributed by atoms with Crippen LogP contribution in [0.1, 0.15) is 35.8 Å². The first-order valence-electron chi connectivity index (χ1n) is 12.4. The largest absolute Gasteiger partial charge is 0.493 e. The van der Waals surface area contributed by atoms with E-state index in [1.54, 1.807) is 73.4 Å². The number of carbonyl (C=O) groups excluding carboxylic acids is 1. The van der Waals surface area contributed by atoms with E-state index in [9.17, 15) is 9.59 Å². The predicted octanol–water partition coefficient (Wildman–Crippen LogP) is 5.63. The van der Waals surface area contributed by atoms with Crippen molar-refractivity contribution in [3.63, 3.8) is 0 Å². The van der Waals surface area contributed by atoms with Crippen molar-refractivity contribution in [3.05, 3.63) is 73.8 Å². The van der Waals surface area contributed by atoms with Gasteiger partial charge in [-0.1, -0.05) is 23.4 Å². The quantitative estimate of drug-likeness (QED) is 0.125. The Bertz CT molecular complexity index is 1630. The van der Waals surface area contributed by atoms with Crippen molar-refractivity contribution in [2.75, 3.05) is 20.0 Å². The van der Waals surface area contributed by atoms with Crippen LogP contribution in [0, 0.1) is 0 Å². The molecule has 39 heavy (non-hydrogen) atoms. The average molecular weight is 583 g/mol. The lowest BCUT2D eigenvalue weighted by atomic mass is 9.97. The summed E-state index contributed by atoms with van der Waals surface area (Å²) in [7, 11) is 3.13. The van der Waals surface area contributed by atoms with Crippen LogP contribution in [0.4, 0.5) is 0 Å². The minimum absolute atomic E-state index is 0.0271. The van der Waals surface area contributed by atoms with Crippen molar-refractivity contribution in [2.45, 2.75) is 37.8 Å². The van der Waals surface area contributed by atoms with Gasteiger partial charge < -0.3 is 9.47 Å². The van der Waals surface area contributed by atoms with Crippen molar-refractivity contribution in [1.29, 1.82) is 0 Å². The Morgan fingerprint density at radius 3 is 2.62 bits per heavy atom.